The summed E-state index contributed by atoms with van der Waals surface area (Å²) in [6.07, 6.45) is 5.71. The van der Waals surface area contributed by atoms with Crippen LogP contribution in [0.5, 0.6) is 0 Å². The zero-order valence-electron chi connectivity index (χ0n) is 15.3. The highest BCUT2D eigenvalue weighted by Crippen LogP contribution is 2.32. The molecule has 2 heterocycles. The van der Waals surface area contributed by atoms with Crippen molar-refractivity contribution in [1.82, 2.24) is 19.3 Å². The molecule has 0 N–H and O–H groups in total. The molecule has 0 aliphatic heterocycles. The number of aromatic nitrogens is 4. The first kappa shape index (κ1) is 17.4. The summed E-state index contributed by atoms with van der Waals surface area (Å²) in [7, 11) is 0. The molecule has 132 valence electrons. The second-order valence-corrected chi connectivity index (χ2v) is 6.43. The van der Waals surface area contributed by atoms with E-state index in [1.54, 1.807) is 0 Å². The smallest absolute Gasteiger partial charge is 0.123 e. The number of benzene rings is 1. The summed E-state index contributed by atoms with van der Waals surface area (Å²) in [6.45, 7) is 9.36. The second-order valence-electron chi connectivity index (χ2n) is 6.43. The molecule has 25 heavy (non-hydrogen) atoms. The fraction of sp³-hybridized carbons (Fsp3) is 0.400. The highest BCUT2D eigenvalue weighted by molar-refractivity contribution is 5.65. The van der Waals surface area contributed by atoms with Crippen LogP contribution in [0, 0.1) is 19.7 Å². The summed E-state index contributed by atoms with van der Waals surface area (Å²) in [5.74, 6) is -0.211. The monoisotopic (exact) mass is 340 g/mol. The Morgan fingerprint density at radius 1 is 1.12 bits per heavy atom. The zero-order chi connectivity index (χ0) is 18.0. The van der Waals surface area contributed by atoms with Gasteiger partial charge < -0.3 is 4.57 Å². The van der Waals surface area contributed by atoms with Crippen LogP contribution in [0.25, 0.3) is 11.3 Å². The van der Waals surface area contributed by atoms with E-state index in [4.69, 9.17) is 5.10 Å². The van der Waals surface area contributed by atoms with Crippen molar-refractivity contribution in [1.29, 1.82) is 0 Å². The SMILES string of the molecule is CCCn1nc(C)c(-c2cncn2[C@H](CC)c2ccc(F)cc2)c1C. The van der Waals surface area contributed by atoms with Crippen molar-refractivity contribution in [3.05, 3.63) is 59.6 Å². The number of hydrogen-bond acceptors (Lipinski definition) is 2. The van der Waals surface area contributed by atoms with E-state index in [0.717, 1.165) is 47.6 Å². The first-order valence-corrected chi connectivity index (χ1v) is 8.88. The minimum Gasteiger partial charge on any atom is -0.323 e. The van der Waals surface area contributed by atoms with Crippen molar-refractivity contribution in [2.45, 2.75) is 53.1 Å². The first-order valence-electron chi connectivity index (χ1n) is 8.88. The Kier molecular flexibility index (Phi) is 5.02. The van der Waals surface area contributed by atoms with Crippen LogP contribution in [0.4, 0.5) is 4.39 Å². The molecule has 0 spiro atoms. The molecular weight excluding hydrogens is 315 g/mol. The topological polar surface area (TPSA) is 35.6 Å². The van der Waals surface area contributed by atoms with Crippen LogP contribution in [-0.2, 0) is 6.54 Å². The third-order valence-electron chi connectivity index (χ3n) is 4.72. The van der Waals surface area contributed by atoms with Gasteiger partial charge in [-0.1, -0.05) is 26.0 Å². The van der Waals surface area contributed by atoms with Crippen molar-refractivity contribution >= 4 is 0 Å². The summed E-state index contributed by atoms with van der Waals surface area (Å²) >= 11 is 0. The molecule has 1 aromatic carbocycles. The largest absolute Gasteiger partial charge is 0.323 e. The predicted molar refractivity (Wildman–Crippen MR) is 98.0 cm³/mol. The maximum Gasteiger partial charge on any atom is 0.123 e. The Balaban J connectivity index is 2.07. The van der Waals surface area contributed by atoms with Crippen molar-refractivity contribution in [2.24, 2.45) is 0 Å². The predicted octanol–water partition coefficient (Wildman–Crippen LogP) is 4.91. The molecule has 0 radical (unpaired) electrons. The molecule has 0 saturated carbocycles. The van der Waals surface area contributed by atoms with Gasteiger partial charge in [-0.05, 0) is 44.4 Å². The van der Waals surface area contributed by atoms with Crippen molar-refractivity contribution < 1.29 is 4.39 Å². The van der Waals surface area contributed by atoms with E-state index in [9.17, 15) is 4.39 Å². The minimum absolute atomic E-state index is 0.117. The van der Waals surface area contributed by atoms with Crippen LogP contribution in [0.2, 0.25) is 0 Å². The Morgan fingerprint density at radius 2 is 1.84 bits per heavy atom. The van der Waals surface area contributed by atoms with Crippen molar-refractivity contribution in [2.75, 3.05) is 0 Å². The van der Waals surface area contributed by atoms with Crippen LogP contribution in [-0.4, -0.2) is 19.3 Å². The van der Waals surface area contributed by atoms with E-state index >= 15 is 0 Å². The highest BCUT2D eigenvalue weighted by atomic mass is 19.1. The Labute approximate surface area is 148 Å². The quantitative estimate of drug-likeness (QED) is 0.639. The average molecular weight is 340 g/mol. The van der Waals surface area contributed by atoms with E-state index in [1.165, 1.54) is 12.1 Å². The molecule has 0 unspecified atom stereocenters. The highest BCUT2D eigenvalue weighted by Gasteiger charge is 2.21. The lowest BCUT2D eigenvalue weighted by Gasteiger charge is -2.20. The maximum atomic E-state index is 13.3. The van der Waals surface area contributed by atoms with Crippen LogP contribution in [0.15, 0.2) is 36.8 Å². The van der Waals surface area contributed by atoms with Crippen LogP contribution in [0.1, 0.15) is 49.7 Å². The molecule has 3 aromatic rings. The maximum absolute atomic E-state index is 13.3. The van der Waals surface area contributed by atoms with Gasteiger partial charge in [-0.2, -0.15) is 5.10 Å². The van der Waals surface area contributed by atoms with Gasteiger partial charge in [0, 0.05) is 17.8 Å². The number of halogens is 1. The van der Waals surface area contributed by atoms with Gasteiger partial charge in [-0.15, -0.1) is 0 Å². The minimum atomic E-state index is -0.211. The molecule has 0 fully saturated rings. The molecule has 0 aliphatic carbocycles. The first-order chi connectivity index (χ1) is 12.1. The molecule has 0 bridgehead atoms. The van der Waals surface area contributed by atoms with Crippen LogP contribution < -0.4 is 0 Å². The number of nitrogens with zero attached hydrogens (tertiary/aromatic N) is 4. The summed E-state index contributed by atoms with van der Waals surface area (Å²) in [6, 6.07) is 6.86. The molecule has 2 aromatic heterocycles. The van der Waals surface area contributed by atoms with Crippen LogP contribution in [0.3, 0.4) is 0 Å². The van der Waals surface area contributed by atoms with E-state index < -0.39 is 0 Å². The zero-order valence-corrected chi connectivity index (χ0v) is 15.3. The molecule has 5 heteroatoms. The standard InChI is InChI=1S/C20H25FN4/c1-5-11-25-15(4)20(14(3)23-25)19-12-22-13-24(19)18(6-2)16-7-9-17(21)10-8-16/h7-10,12-13,18H,5-6,11H2,1-4H3/t18-/m1/s1. The number of hydrogen-bond donors (Lipinski definition) is 0. The van der Waals surface area contributed by atoms with Gasteiger partial charge in [0.25, 0.3) is 0 Å². The van der Waals surface area contributed by atoms with Crippen molar-refractivity contribution in [3.63, 3.8) is 0 Å². The average Bonchev–Trinajstić information content (AvgIpc) is 3.15. The third-order valence-corrected chi connectivity index (χ3v) is 4.72. The van der Waals surface area contributed by atoms with E-state index in [2.05, 4.69) is 35.0 Å². The number of aryl methyl sites for hydroxylation is 2. The van der Waals surface area contributed by atoms with E-state index in [1.807, 2.05) is 31.6 Å². The molecule has 4 nitrogen and oxygen atoms in total. The van der Waals surface area contributed by atoms with E-state index in [-0.39, 0.29) is 11.9 Å². The molecule has 3 rings (SSSR count). The van der Waals surface area contributed by atoms with E-state index in [0.29, 0.717) is 0 Å². The number of imidazole rings is 1. The van der Waals surface area contributed by atoms with Gasteiger partial charge in [-0.3, -0.25) is 4.68 Å². The summed E-state index contributed by atoms with van der Waals surface area (Å²) in [5.41, 5.74) is 5.47. The van der Waals surface area contributed by atoms with Gasteiger partial charge in [0.1, 0.15) is 5.82 Å². The Hall–Kier alpha value is -2.43. The fourth-order valence-corrected chi connectivity index (χ4v) is 3.52. The van der Waals surface area contributed by atoms with Gasteiger partial charge in [-0.25, -0.2) is 9.37 Å². The third kappa shape index (κ3) is 3.23. The number of rotatable bonds is 6. The molecule has 1 atom stereocenters. The van der Waals surface area contributed by atoms with Gasteiger partial charge >= 0.3 is 0 Å². The summed E-state index contributed by atoms with van der Waals surface area (Å²) < 4.78 is 17.5. The lowest BCUT2D eigenvalue weighted by molar-refractivity contribution is 0.566. The second kappa shape index (κ2) is 7.21. The lowest BCUT2D eigenvalue weighted by atomic mass is 10.0. The Bertz CT molecular complexity index is 845. The Morgan fingerprint density at radius 3 is 2.48 bits per heavy atom. The van der Waals surface area contributed by atoms with Gasteiger partial charge in [0.05, 0.1) is 30.0 Å². The summed E-state index contributed by atoms with van der Waals surface area (Å²) in [4.78, 5) is 4.40. The normalized spacial score (nSPS) is 12.5. The van der Waals surface area contributed by atoms with Gasteiger partial charge in [0.2, 0.25) is 0 Å². The fourth-order valence-electron chi connectivity index (χ4n) is 3.52. The lowest BCUT2D eigenvalue weighted by Crippen LogP contribution is -2.10. The molecule has 0 amide bonds. The molecule has 0 aliphatic rings. The van der Waals surface area contributed by atoms with Gasteiger partial charge in [0.15, 0.2) is 0 Å². The summed E-state index contributed by atoms with van der Waals surface area (Å²) in [5, 5.41) is 4.69. The molecule has 0 saturated heterocycles. The van der Waals surface area contributed by atoms with Crippen LogP contribution >= 0.6 is 0 Å². The van der Waals surface area contributed by atoms with Crippen molar-refractivity contribution in [3.8, 4) is 11.3 Å². The molecular formula is C20H25FN4.